The molecule has 0 atom stereocenters. The van der Waals surface area contributed by atoms with E-state index < -0.39 is 23.4 Å². The van der Waals surface area contributed by atoms with Gasteiger partial charge in [0.05, 0.1) is 10.6 Å². The minimum atomic E-state index is -1.65. The smallest absolute Gasteiger partial charge is 0.255 e. The summed E-state index contributed by atoms with van der Waals surface area (Å²) in [6, 6.07) is 5.43. The Morgan fingerprint density at radius 2 is 1.62 bits per heavy atom. The molecule has 0 saturated carbocycles. The number of nitrogens with one attached hydrogen (secondary N) is 1. The summed E-state index contributed by atoms with van der Waals surface area (Å²) in [5.41, 5.74) is 0.106. The second-order valence-electron chi connectivity index (χ2n) is 5.38. The first-order valence-electron chi connectivity index (χ1n) is 7.83. The number of amides is 2. The standard InChI is InChI=1S/C18H16ClF3N2O2/c1-3-24(4-2)18(26)12-6-5-11(9-13(12)19)23-17(25)10-7-14(20)16(22)15(21)8-10/h5-9H,3-4H2,1-2H3,(H,23,25). The van der Waals surface area contributed by atoms with Crippen molar-refractivity contribution < 1.29 is 22.8 Å². The monoisotopic (exact) mass is 384 g/mol. The highest BCUT2D eigenvalue weighted by Crippen LogP contribution is 2.23. The van der Waals surface area contributed by atoms with Crippen molar-refractivity contribution in [1.82, 2.24) is 4.90 Å². The van der Waals surface area contributed by atoms with Crippen LogP contribution in [0.1, 0.15) is 34.6 Å². The van der Waals surface area contributed by atoms with Crippen LogP contribution in [0.25, 0.3) is 0 Å². The summed E-state index contributed by atoms with van der Waals surface area (Å²) in [5, 5.41) is 2.51. The molecule has 0 saturated heterocycles. The predicted octanol–water partition coefficient (Wildman–Crippen LogP) is 4.49. The molecule has 0 heterocycles. The zero-order valence-corrected chi connectivity index (χ0v) is 14.8. The lowest BCUT2D eigenvalue weighted by Crippen LogP contribution is -2.30. The first kappa shape index (κ1) is 19.8. The average molecular weight is 385 g/mol. The van der Waals surface area contributed by atoms with E-state index in [1.165, 1.54) is 18.2 Å². The summed E-state index contributed by atoms with van der Waals surface area (Å²) in [4.78, 5) is 26.0. The van der Waals surface area contributed by atoms with E-state index in [4.69, 9.17) is 11.6 Å². The fourth-order valence-corrected chi connectivity index (χ4v) is 2.60. The van der Waals surface area contributed by atoms with Crippen LogP contribution in [0.15, 0.2) is 30.3 Å². The minimum absolute atomic E-state index is 0.121. The van der Waals surface area contributed by atoms with Gasteiger partial charge in [0.15, 0.2) is 17.5 Å². The molecule has 0 aromatic heterocycles. The summed E-state index contributed by atoms with van der Waals surface area (Å²) < 4.78 is 39.4. The van der Waals surface area contributed by atoms with Gasteiger partial charge in [0, 0.05) is 24.3 Å². The Balaban J connectivity index is 2.22. The highest BCUT2D eigenvalue weighted by atomic mass is 35.5. The third kappa shape index (κ3) is 4.16. The van der Waals surface area contributed by atoms with Gasteiger partial charge >= 0.3 is 0 Å². The van der Waals surface area contributed by atoms with Crippen molar-refractivity contribution in [2.45, 2.75) is 13.8 Å². The number of anilines is 1. The molecular formula is C18H16ClF3N2O2. The van der Waals surface area contributed by atoms with E-state index in [1.807, 2.05) is 13.8 Å². The van der Waals surface area contributed by atoms with Gasteiger partial charge in [0.2, 0.25) is 0 Å². The molecule has 0 spiro atoms. The van der Waals surface area contributed by atoms with E-state index in [0.717, 1.165) is 0 Å². The topological polar surface area (TPSA) is 49.4 Å². The predicted molar refractivity (Wildman–Crippen MR) is 93.0 cm³/mol. The minimum Gasteiger partial charge on any atom is -0.339 e. The Bertz CT molecular complexity index is 831. The number of hydrogen-bond donors (Lipinski definition) is 1. The zero-order chi connectivity index (χ0) is 19.4. The summed E-state index contributed by atoms with van der Waals surface area (Å²) >= 11 is 6.11. The maximum atomic E-state index is 13.2. The highest BCUT2D eigenvalue weighted by Gasteiger charge is 2.18. The van der Waals surface area contributed by atoms with Gasteiger partial charge in [-0.25, -0.2) is 13.2 Å². The van der Waals surface area contributed by atoms with Crippen molar-refractivity contribution in [2.75, 3.05) is 18.4 Å². The molecule has 0 radical (unpaired) electrons. The van der Waals surface area contributed by atoms with Crippen molar-refractivity contribution in [3.8, 4) is 0 Å². The van der Waals surface area contributed by atoms with Crippen LogP contribution in [0.4, 0.5) is 18.9 Å². The number of nitrogens with zero attached hydrogens (tertiary/aromatic N) is 1. The molecule has 4 nitrogen and oxygen atoms in total. The maximum Gasteiger partial charge on any atom is 0.255 e. The first-order chi connectivity index (χ1) is 12.3. The van der Waals surface area contributed by atoms with E-state index in [2.05, 4.69) is 5.32 Å². The summed E-state index contributed by atoms with van der Waals surface area (Å²) in [6.45, 7) is 4.72. The molecule has 0 bridgehead atoms. The molecule has 26 heavy (non-hydrogen) atoms. The van der Waals surface area contributed by atoms with Crippen LogP contribution in [0, 0.1) is 17.5 Å². The Kier molecular flexibility index (Phi) is 6.26. The van der Waals surface area contributed by atoms with Gasteiger partial charge in [0.1, 0.15) is 0 Å². The normalized spacial score (nSPS) is 10.5. The molecule has 138 valence electrons. The fourth-order valence-electron chi connectivity index (χ4n) is 2.34. The third-order valence-corrected chi connectivity index (χ3v) is 4.07. The summed E-state index contributed by atoms with van der Waals surface area (Å²) in [6.07, 6.45) is 0. The summed E-state index contributed by atoms with van der Waals surface area (Å²) in [5.74, 6) is -5.67. The van der Waals surface area contributed by atoms with Gasteiger partial charge in [-0.1, -0.05) is 11.6 Å². The Morgan fingerprint density at radius 3 is 2.12 bits per heavy atom. The van der Waals surface area contributed by atoms with E-state index in [-0.39, 0.29) is 27.7 Å². The van der Waals surface area contributed by atoms with E-state index >= 15 is 0 Å². The molecule has 0 fully saturated rings. The summed E-state index contributed by atoms with van der Waals surface area (Å²) in [7, 11) is 0. The van der Waals surface area contributed by atoms with Crippen LogP contribution < -0.4 is 5.32 Å². The number of rotatable bonds is 5. The van der Waals surface area contributed by atoms with Crippen LogP contribution in [-0.4, -0.2) is 29.8 Å². The van der Waals surface area contributed by atoms with E-state index in [1.54, 1.807) is 4.90 Å². The van der Waals surface area contributed by atoms with Crippen molar-refractivity contribution in [3.05, 3.63) is 63.9 Å². The molecule has 0 aliphatic heterocycles. The van der Waals surface area contributed by atoms with Gasteiger partial charge < -0.3 is 10.2 Å². The average Bonchev–Trinajstić information content (AvgIpc) is 2.60. The number of halogens is 4. The second-order valence-corrected chi connectivity index (χ2v) is 5.79. The lowest BCUT2D eigenvalue weighted by Gasteiger charge is -2.19. The van der Waals surface area contributed by atoms with Crippen molar-refractivity contribution in [1.29, 1.82) is 0 Å². The van der Waals surface area contributed by atoms with Crippen molar-refractivity contribution in [3.63, 3.8) is 0 Å². The number of benzene rings is 2. The SMILES string of the molecule is CCN(CC)C(=O)c1ccc(NC(=O)c2cc(F)c(F)c(F)c2)cc1Cl. The van der Waals surface area contributed by atoms with Crippen LogP contribution in [-0.2, 0) is 0 Å². The molecule has 1 N–H and O–H groups in total. The Morgan fingerprint density at radius 1 is 1.04 bits per heavy atom. The van der Waals surface area contributed by atoms with Crippen LogP contribution in [0.5, 0.6) is 0 Å². The van der Waals surface area contributed by atoms with Gasteiger partial charge in [-0.2, -0.15) is 0 Å². The Labute approximate surface area is 153 Å². The van der Waals surface area contributed by atoms with Gasteiger partial charge in [-0.15, -0.1) is 0 Å². The molecule has 2 aromatic carbocycles. The molecule has 2 amide bonds. The van der Waals surface area contributed by atoms with Gasteiger partial charge in [0.25, 0.3) is 11.8 Å². The van der Waals surface area contributed by atoms with Gasteiger partial charge in [-0.3, -0.25) is 9.59 Å². The Hall–Kier alpha value is -2.54. The van der Waals surface area contributed by atoms with E-state index in [0.29, 0.717) is 25.2 Å². The number of carbonyl (C=O) groups is 2. The third-order valence-electron chi connectivity index (χ3n) is 3.75. The highest BCUT2D eigenvalue weighted by molar-refractivity contribution is 6.34. The molecular weight excluding hydrogens is 369 g/mol. The van der Waals surface area contributed by atoms with E-state index in [9.17, 15) is 22.8 Å². The number of carbonyl (C=O) groups excluding carboxylic acids is 2. The molecule has 2 aromatic rings. The lowest BCUT2D eigenvalue weighted by molar-refractivity contribution is 0.0773. The molecule has 2 rings (SSSR count). The molecule has 0 unspecified atom stereocenters. The van der Waals surface area contributed by atoms with Crippen LogP contribution >= 0.6 is 11.6 Å². The fraction of sp³-hybridized carbons (Fsp3) is 0.222. The lowest BCUT2D eigenvalue weighted by atomic mass is 10.1. The maximum absolute atomic E-state index is 13.2. The van der Waals surface area contributed by atoms with Crippen LogP contribution in [0.2, 0.25) is 5.02 Å². The van der Waals surface area contributed by atoms with Crippen molar-refractivity contribution >= 4 is 29.1 Å². The largest absolute Gasteiger partial charge is 0.339 e. The molecule has 8 heteroatoms. The zero-order valence-electron chi connectivity index (χ0n) is 14.1. The second kappa shape index (κ2) is 8.23. The quantitative estimate of drug-likeness (QED) is 0.772. The van der Waals surface area contributed by atoms with Crippen LogP contribution in [0.3, 0.4) is 0 Å². The number of hydrogen-bond acceptors (Lipinski definition) is 2. The molecule has 0 aliphatic carbocycles. The van der Waals surface area contributed by atoms with Crippen molar-refractivity contribution in [2.24, 2.45) is 0 Å². The molecule has 0 aliphatic rings. The van der Waals surface area contributed by atoms with Gasteiger partial charge in [-0.05, 0) is 44.2 Å². The first-order valence-corrected chi connectivity index (χ1v) is 8.21.